The van der Waals surface area contributed by atoms with Crippen LogP contribution in [-0.2, 0) is 4.79 Å². The van der Waals surface area contributed by atoms with Crippen molar-refractivity contribution in [1.29, 1.82) is 0 Å². The van der Waals surface area contributed by atoms with E-state index in [9.17, 15) is 14.7 Å². The van der Waals surface area contributed by atoms with Gasteiger partial charge in [-0.3, -0.25) is 4.79 Å². The maximum absolute atomic E-state index is 13.3. The summed E-state index contributed by atoms with van der Waals surface area (Å²) in [5, 5.41) is 14.7. The number of hydrogen-bond acceptors (Lipinski definition) is 3. The topological polar surface area (TPSA) is 66.4 Å². The Bertz CT molecular complexity index is 1420. The van der Waals surface area contributed by atoms with Crippen LogP contribution in [-0.4, -0.2) is 35.0 Å². The van der Waals surface area contributed by atoms with Crippen molar-refractivity contribution in [2.24, 2.45) is 0 Å². The number of carbonyl (C=O) groups is 2. The lowest BCUT2D eigenvalue weighted by molar-refractivity contribution is -0.139. The number of carboxylic acids is 1. The molecule has 0 aliphatic rings. The van der Waals surface area contributed by atoms with E-state index in [1.807, 2.05) is 73.9 Å². The average molecular weight is 496 g/mol. The van der Waals surface area contributed by atoms with Crippen molar-refractivity contribution in [3.63, 3.8) is 0 Å². The van der Waals surface area contributed by atoms with E-state index in [-0.39, 0.29) is 5.91 Å². The molecule has 1 amide bonds. The molecule has 36 heavy (non-hydrogen) atoms. The molecule has 4 aromatic carbocycles. The number of hydrogen-bond donors (Lipinski definition) is 2. The number of thioether (sulfide) groups is 1. The monoisotopic (exact) mass is 495 g/mol. The highest BCUT2D eigenvalue weighted by Gasteiger charge is 2.22. The number of nitrogens with one attached hydrogen (secondary N) is 1. The lowest BCUT2D eigenvalue weighted by Crippen LogP contribution is -2.41. The van der Waals surface area contributed by atoms with Crippen molar-refractivity contribution in [1.82, 2.24) is 5.32 Å². The molecule has 0 saturated carbocycles. The van der Waals surface area contributed by atoms with E-state index in [2.05, 4.69) is 35.7 Å². The molecule has 0 unspecified atom stereocenters. The molecule has 182 valence electrons. The van der Waals surface area contributed by atoms with Gasteiger partial charge in [-0.05, 0) is 76.1 Å². The number of amides is 1. The molecular weight excluding hydrogens is 466 g/mol. The fraction of sp³-hybridized carbons (Fsp3) is 0.161. The van der Waals surface area contributed by atoms with E-state index in [1.165, 1.54) is 10.8 Å². The van der Waals surface area contributed by atoms with Gasteiger partial charge < -0.3 is 10.4 Å². The molecule has 0 aliphatic heterocycles. The smallest absolute Gasteiger partial charge is 0.326 e. The Balaban J connectivity index is 1.72. The zero-order valence-corrected chi connectivity index (χ0v) is 21.2. The van der Waals surface area contributed by atoms with Gasteiger partial charge in [0.25, 0.3) is 5.91 Å². The number of carbonyl (C=O) groups excluding carboxylic acids is 1. The quantitative estimate of drug-likeness (QED) is 0.247. The van der Waals surface area contributed by atoms with Crippen molar-refractivity contribution in [3.05, 3.63) is 107 Å². The van der Waals surface area contributed by atoms with Crippen molar-refractivity contribution < 1.29 is 14.7 Å². The minimum absolute atomic E-state index is 0.369. The molecule has 0 radical (unpaired) electrons. The fourth-order valence-corrected chi connectivity index (χ4v) is 4.74. The molecular formula is C31H29NO3S. The van der Waals surface area contributed by atoms with Crippen LogP contribution in [0.2, 0.25) is 0 Å². The first-order valence-corrected chi connectivity index (χ1v) is 13.3. The summed E-state index contributed by atoms with van der Waals surface area (Å²) in [6, 6.07) is 27.2. The second kappa shape index (κ2) is 11.7. The van der Waals surface area contributed by atoms with Crippen LogP contribution in [0.3, 0.4) is 0 Å². The van der Waals surface area contributed by atoms with Gasteiger partial charge in [0.2, 0.25) is 0 Å². The van der Waals surface area contributed by atoms with Gasteiger partial charge in [0.05, 0.1) is 0 Å². The van der Waals surface area contributed by atoms with E-state index >= 15 is 0 Å². The molecule has 0 spiro atoms. The van der Waals surface area contributed by atoms with E-state index in [0.717, 1.165) is 27.8 Å². The second-order valence-electron chi connectivity index (χ2n) is 8.67. The SMILES string of the molecule is CSCC[C@H](NC(=O)c1ccc(/C=C/c2cccc3ccccc23)cc1-c1ccccc1C)C(=O)O. The van der Waals surface area contributed by atoms with Gasteiger partial charge in [-0.1, -0.05) is 84.9 Å². The molecule has 0 aliphatic carbocycles. The number of rotatable bonds is 9. The summed E-state index contributed by atoms with van der Waals surface area (Å²) in [6.45, 7) is 2.01. The van der Waals surface area contributed by atoms with E-state index in [4.69, 9.17) is 0 Å². The first-order chi connectivity index (χ1) is 17.5. The molecule has 1 atom stereocenters. The van der Waals surface area contributed by atoms with Gasteiger partial charge in [0.15, 0.2) is 0 Å². The zero-order valence-electron chi connectivity index (χ0n) is 20.4. The molecule has 0 fully saturated rings. The Labute approximate surface area is 216 Å². The van der Waals surface area contributed by atoms with Crippen LogP contribution in [0.1, 0.15) is 33.5 Å². The summed E-state index contributed by atoms with van der Waals surface area (Å²) in [4.78, 5) is 25.0. The lowest BCUT2D eigenvalue weighted by Gasteiger charge is -2.17. The first-order valence-electron chi connectivity index (χ1n) is 11.9. The summed E-state index contributed by atoms with van der Waals surface area (Å²) < 4.78 is 0. The van der Waals surface area contributed by atoms with Crippen LogP contribution in [0, 0.1) is 6.92 Å². The minimum atomic E-state index is -1.02. The van der Waals surface area contributed by atoms with Crippen molar-refractivity contribution >= 4 is 46.6 Å². The third-order valence-electron chi connectivity index (χ3n) is 6.22. The molecule has 0 bridgehead atoms. The molecule has 4 aromatic rings. The van der Waals surface area contributed by atoms with E-state index in [1.54, 1.807) is 17.8 Å². The number of aryl methyl sites for hydroxylation is 1. The Morgan fingerprint density at radius 1 is 0.917 bits per heavy atom. The molecule has 5 heteroatoms. The molecule has 0 aromatic heterocycles. The summed E-state index contributed by atoms with van der Waals surface area (Å²) in [7, 11) is 0. The van der Waals surface area contributed by atoms with E-state index < -0.39 is 12.0 Å². The minimum Gasteiger partial charge on any atom is -0.480 e. The Hall–Kier alpha value is -3.83. The molecule has 0 saturated heterocycles. The maximum Gasteiger partial charge on any atom is 0.326 e. The van der Waals surface area contributed by atoms with Crippen LogP contribution in [0.15, 0.2) is 84.9 Å². The summed E-state index contributed by atoms with van der Waals surface area (Å²) >= 11 is 1.56. The third kappa shape index (κ3) is 5.86. The van der Waals surface area contributed by atoms with Crippen LogP contribution < -0.4 is 5.32 Å². The number of carboxylic acid groups (broad SMARTS) is 1. The molecule has 2 N–H and O–H groups in total. The summed E-state index contributed by atoms with van der Waals surface area (Å²) in [6.07, 6.45) is 6.42. The zero-order chi connectivity index (χ0) is 25.5. The van der Waals surface area contributed by atoms with Gasteiger partial charge in [-0.15, -0.1) is 0 Å². The maximum atomic E-state index is 13.3. The van der Waals surface area contributed by atoms with Crippen molar-refractivity contribution in [2.45, 2.75) is 19.4 Å². The van der Waals surface area contributed by atoms with Crippen molar-refractivity contribution in [2.75, 3.05) is 12.0 Å². The fourth-order valence-electron chi connectivity index (χ4n) is 4.27. The molecule has 4 nitrogen and oxygen atoms in total. The van der Waals surface area contributed by atoms with Gasteiger partial charge in [0.1, 0.15) is 6.04 Å². The lowest BCUT2D eigenvalue weighted by atomic mass is 9.93. The highest BCUT2D eigenvalue weighted by atomic mass is 32.2. The van der Waals surface area contributed by atoms with E-state index in [0.29, 0.717) is 17.7 Å². The first kappa shape index (κ1) is 25.3. The van der Waals surface area contributed by atoms with Gasteiger partial charge in [0, 0.05) is 5.56 Å². The largest absolute Gasteiger partial charge is 0.480 e. The van der Waals surface area contributed by atoms with Crippen LogP contribution >= 0.6 is 11.8 Å². The van der Waals surface area contributed by atoms with Crippen LogP contribution in [0.4, 0.5) is 0 Å². The van der Waals surface area contributed by atoms with Crippen LogP contribution in [0.25, 0.3) is 34.1 Å². The van der Waals surface area contributed by atoms with Gasteiger partial charge in [-0.25, -0.2) is 4.79 Å². The van der Waals surface area contributed by atoms with Crippen molar-refractivity contribution in [3.8, 4) is 11.1 Å². The highest BCUT2D eigenvalue weighted by molar-refractivity contribution is 7.98. The molecule has 0 heterocycles. The predicted octanol–water partition coefficient (Wildman–Crippen LogP) is 6.92. The Morgan fingerprint density at radius 2 is 1.67 bits per heavy atom. The standard InChI is InChI=1S/C31H29NO3S/c1-21-8-3-5-12-25(21)28-20-22(14-16-24-11-7-10-23-9-4-6-13-26(23)24)15-17-27(28)30(33)32-29(31(34)35)18-19-36-2/h3-17,20,29H,18-19H2,1-2H3,(H,32,33)(H,34,35)/b16-14+/t29-/m0/s1. The Kier molecular flexibility index (Phi) is 8.24. The number of aliphatic carboxylic acids is 1. The predicted molar refractivity (Wildman–Crippen MR) is 151 cm³/mol. The average Bonchev–Trinajstić information content (AvgIpc) is 2.89. The normalized spacial score (nSPS) is 12.1. The Morgan fingerprint density at radius 3 is 2.44 bits per heavy atom. The number of fused-ring (bicyclic) bond motifs is 1. The summed E-state index contributed by atoms with van der Waals surface area (Å²) in [5.74, 6) is -0.754. The second-order valence-corrected chi connectivity index (χ2v) is 9.65. The molecule has 4 rings (SSSR count). The third-order valence-corrected chi connectivity index (χ3v) is 6.86. The van der Waals surface area contributed by atoms with Gasteiger partial charge in [-0.2, -0.15) is 11.8 Å². The highest BCUT2D eigenvalue weighted by Crippen LogP contribution is 2.29. The summed E-state index contributed by atoms with van der Waals surface area (Å²) in [5.41, 5.74) is 5.29. The van der Waals surface area contributed by atoms with Gasteiger partial charge >= 0.3 is 5.97 Å². The number of benzene rings is 4. The van der Waals surface area contributed by atoms with Crippen LogP contribution in [0.5, 0.6) is 0 Å².